The van der Waals surface area contributed by atoms with E-state index in [0.29, 0.717) is 45.5 Å². The van der Waals surface area contributed by atoms with Crippen molar-refractivity contribution in [2.75, 3.05) is 11.1 Å². The van der Waals surface area contributed by atoms with Gasteiger partial charge in [-0.25, -0.2) is 13.2 Å². The first kappa shape index (κ1) is 18.6. The summed E-state index contributed by atoms with van der Waals surface area (Å²) in [6, 6.07) is 5.89. The van der Waals surface area contributed by atoms with Gasteiger partial charge in [0.2, 0.25) is 0 Å². The van der Waals surface area contributed by atoms with Gasteiger partial charge in [0.1, 0.15) is 17.0 Å². The van der Waals surface area contributed by atoms with Crippen molar-refractivity contribution in [3.8, 4) is 11.1 Å². The summed E-state index contributed by atoms with van der Waals surface area (Å²) in [6.07, 6.45) is 3.18. The van der Waals surface area contributed by atoms with E-state index in [1.807, 2.05) is 0 Å². The topological polar surface area (TPSA) is 77.9 Å². The molecule has 0 fully saturated rings. The van der Waals surface area contributed by atoms with Crippen LogP contribution in [0.4, 0.5) is 30.2 Å². The minimum absolute atomic E-state index is 0.231. The van der Waals surface area contributed by atoms with Crippen molar-refractivity contribution in [1.82, 2.24) is 14.3 Å². The Balaban J connectivity index is 1.96. The van der Waals surface area contributed by atoms with E-state index in [4.69, 9.17) is 5.73 Å². The SMILES string of the molecule is Cn1cc2c(=O)n(C)cc(-c3cc(N)ccc3Nc3c(F)cc(F)cc3F)c2n1. The van der Waals surface area contributed by atoms with Crippen molar-refractivity contribution in [3.63, 3.8) is 0 Å². The molecule has 0 saturated heterocycles. The van der Waals surface area contributed by atoms with Crippen LogP contribution in [0, 0.1) is 17.5 Å². The van der Waals surface area contributed by atoms with Crippen molar-refractivity contribution in [1.29, 1.82) is 0 Å². The van der Waals surface area contributed by atoms with Crippen LogP contribution in [0.3, 0.4) is 0 Å². The number of nitrogens with one attached hydrogen (secondary N) is 1. The normalized spacial score (nSPS) is 11.2. The molecule has 0 aliphatic rings. The second-order valence-electron chi connectivity index (χ2n) is 6.70. The first-order valence-electron chi connectivity index (χ1n) is 8.59. The van der Waals surface area contributed by atoms with Gasteiger partial charge in [0, 0.05) is 61.1 Å². The number of nitrogens with zero attached hydrogens (tertiary/aromatic N) is 3. The van der Waals surface area contributed by atoms with Crippen LogP contribution >= 0.6 is 0 Å². The van der Waals surface area contributed by atoms with Crippen LogP contribution in [0.15, 0.2) is 47.5 Å². The van der Waals surface area contributed by atoms with Crippen molar-refractivity contribution in [2.45, 2.75) is 0 Å². The third kappa shape index (κ3) is 3.20. The number of nitrogens with two attached hydrogens (primary N) is 1. The molecule has 0 spiro atoms. The number of aromatic nitrogens is 3. The number of halogens is 3. The largest absolute Gasteiger partial charge is 0.399 e. The molecule has 9 heteroatoms. The van der Waals surface area contributed by atoms with Gasteiger partial charge in [0.05, 0.1) is 5.39 Å². The molecule has 0 aliphatic carbocycles. The number of aryl methyl sites for hydroxylation is 2. The second kappa shape index (κ2) is 6.69. The van der Waals surface area contributed by atoms with Gasteiger partial charge in [-0.2, -0.15) is 5.10 Å². The molecular weight excluding hydrogens is 383 g/mol. The van der Waals surface area contributed by atoms with E-state index >= 15 is 0 Å². The number of rotatable bonds is 3. The molecule has 2 aromatic heterocycles. The fourth-order valence-electron chi connectivity index (χ4n) is 3.23. The van der Waals surface area contributed by atoms with Crippen LogP contribution in [0.25, 0.3) is 22.0 Å². The zero-order valence-electron chi connectivity index (χ0n) is 15.5. The third-order valence-corrected chi connectivity index (χ3v) is 4.56. The molecule has 148 valence electrons. The summed E-state index contributed by atoms with van der Waals surface area (Å²) >= 11 is 0. The van der Waals surface area contributed by atoms with Crippen molar-refractivity contribution < 1.29 is 13.2 Å². The van der Waals surface area contributed by atoms with Crippen LogP contribution in [-0.2, 0) is 14.1 Å². The molecule has 2 aromatic carbocycles. The Kier molecular flexibility index (Phi) is 4.30. The van der Waals surface area contributed by atoms with E-state index in [-0.39, 0.29) is 5.56 Å². The highest BCUT2D eigenvalue weighted by Crippen LogP contribution is 2.36. The molecule has 0 aliphatic heterocycles. The standard InChI is InChI=1S/C20H16F3N5O/c1-27-8-13(18-14(20(27)29)9-28(2)26-18)12-7-11(24)3-4-17(12)25-19-15(22)5-10(21)6-16(19)23/h3-9,25H,24H2,1-2H3. The first-order valence-corrected chi connectivity index (χ1v) is 8.59. The highest BCUT2D eigenvalue weighted by atomic mass is 19.1. The molecule has 0 saturated carbocycles. The highest BCUT2D eigenvalue weighted by Gasteiger charge is 2.18. The maximum atomic E-state index is 14.2. The molecule has 6 nitrogen and oxygen atoms in total. The number of hydrogen-bond donors (Lipinski definition) is 2. The van der Waals surface area contributed by atoms with E-state index in [2.05, 4.69) is 10.4 Å². The van der Waals surface area contributed by atoms with Crippen molar-refractivity contribution in [2.24, 2.45) is 14.1 Å². The molecule has 0 unspecified atom stereocenters. The van der Waals surface area contributed by atoms with Crippen LogP contribution < -0.4 is 16.6 Å². The molecule has 0 amide bonds. The lowest BCUT2D eigenvalue weighted by Gasteiger charge is -2.15. The van der Waals surface area contributed by atoms with E-state index in [9.17, 15) is 18.0 Å². The van der Waals surface area contributed by atoms with Gasteiger partial charge in [0.15, 0.2) is 11.6 Å². The Morgan fingerprint density at radius 3 is 2.38 bits per heavy atom. The Bertz CT molecular complexity index is 1300. The molecule has 2 heterocycles. The smallest absolute Gasteiger partial charge is 0.261 e. The molecule has 29 heavy (non-hydrogen) atoms. The predicted molar refractivity (Wildman–Crippen MR) is 105 cm³/mol. The van der Waals surface area contributed by atoms with Gasteiger partial charge in [0.25, 0.3) is 5.56 Å². The molecule has 3 N–H and O–H groups in total. The number of hydrogen-bond acceptors (Lipinski definition) is 4. The summed E-state index contributed by atoms with van der Waals surface area (Å²) in [5, 5.41) is 7.42. The average molecular weight is 399 g/mol. The van der Waals surface area contributed by atoms with Crippen LogP contribution in [0.5, 0.6) is 0 Å². The summed E-state index contributed by atoms with van der Waals surface area (Å²) in [6.45, 7) is 0. The molecule has 0 radical (unpaired) electrons. The molecule has 4 rings (SSSR count). The predicted octanol–water partition coefficient (Wildman–Crippen LogP) is 3.68. The van der Waals surface area contributed by atoms with E-state index in [0.717, 1.165) is 0 Å². The fraction of sp³-hybridized carbons (Fsp3) is 0.100. The summed E-state index contributed by atoms with van der Waals surface area (Å²) in [4.78, 5) is 12.4. The van der Waals surface area contributed by atoms with Crippen molar-refractivity contribution in [3.05, 3.63) is 70.5 Å². The highest BCUT2D eigenvalue weighted by molar-refractivity contribution is 5.97. The third-order valence-electron chi connectivity index (χ3n) is 4.56. The number of nitrogen functional groups attached to an aromatic ring is 1. The first-order chi connectivity index (χ1) is 13.7. The summed E-state index contributed by atoms with van der Waals surface area (Å²) in [7, 11) is 3.28. The lowest BCUT2D eigenvalue weighted by Crippen LogP contribution is -2.16. The average Bonchev–Trinajstić information content (AvgIpc) is 3.04. The van der Waals surface area contributed by atoms with Gasteiger partial charge in [-0.05, 0) is 18.2 Å². The number of anilines is 3. The number of fused-ring (bicyclic) bond motifs is 1. The van der Waals surface area contributed by atoms with E-state index in [1.165, 1.54) is 9.25 Å². The maximum absolute atomic E-state index is 14.2. The molecular formula is C20H16F3N5O. The zero-order valence-corrected chi connectivity index (χ0v) is 15.5. The van der Waals surface area contributed by atoms with Crippen LogP contribution in [0.2, 0.25) is 0 Å². The zero-order chi connectivity index (χ0) is 20.9. The number of benzene rings is 2. The Hall–Kier alpha value is -3.75. The van der Waals surface area contributed by atoms with Gasteiger partial charge in [-0.15, -0.1) is 0 Å². The maximum Gasteiger partial charge on any atom is 0.261 e. The monoisotopic (exact) mass is 399 g/mol. The molecule has 0 atom stereocenters. The van der Waals surface area contributed by atoms with Crippen LogP contribution in [-0.4, -0.2) is 14.3 Å². The van der Waals surface area contributed by atoms with Gasteiger partial charge >= 0.3 is 0 Å². The number of pyridine rings is 1. The van der Waals surface area contributed by atoms with Gasteiger partial charge < -0.3 is 15.6 Å². The molecule has 0 bridgehead atoms. The van der Waals surface area contributed by atoms with E-state index < -0.39 is 23.1 Å². The minimum Gasteiger partial charge on any atom is -0.399 e. The van der Waals surface area contributed by atoms with Crippen LogP contribution in [0.1, 0.15) is 0 Å². The summed E-state index contributed by atoms with van der Waals surface area (Å²) in [5.74, 6) is -3.17. The summed E-state index contributed by atoms with van der Waals surface area (Å²) < 4.78 is 44.4. The lowest BCUT2D eigenvalue weighted by molar-refractivity contribution is 0.549. The van der Waals surface area contributed by atoms with Gasteiger partial charge in [-0.1, -0.05) is 0 Å². The Morgan fingerprint density at radius 1 is 1.00 bits per heavy atom. The van der Waals surface area contributed by atoms with E-state index in [1.54, 1.807) is 44.7 Å². The summed E-state index contributed by atoms with van der Waals surface area (Å²) in [5.41, 5.74) is 7.37. The Morgan fingerprint density at radius 2 is 1.69 bits per heavy atom. The lowest BCUT2D eigenvalue weighted by atomic mass is 10.0. The van der Waals surface area contributed by atoms with Gasteiger partial charge in [-0.3, -0.25) is 9.48 Å². The minimum atomic E-state index is -1.08. The van der Waals surface area contributed by atoms with Crippen molar-refractivity contribution >= 4 is 28.0 Å². The quantitative estimate of drug-likeness (QED) is 0.515. The fourth-order valence-corrected chi connectivity index (χ4v) is 3.23. The Labute approximate surface area is 163 Å². The molecule has 4 aromatic rings. The second-order valence-corrected chi connectivity index (χ2v) is 6.70.